The van der Waals surface area contributed by atoms with Crippen molar-refractivity contribution in [1.82, 2.24) is 14.7 Å². The normalized spacial score (nSPS) is 13.9. The van der Waals surface area contributed by atoms with Gasteiger partial charge in [0, 0.05) is 42.8 Å². The van der Waals surface area contributed by atoms with Crippen LogP contribution in [0.25, 0.3) is 5.69 Å². The Bertz CT molecular complexity index is 1120. The molecule has 3 aromatic rings. The highest BCUT2D eigenvalue weighted by molar-refractivity contribution is 6.30. The Morgan fingerprint density at radius 2 is 1.77 bits per heavy atom. The molecule has 1 aromatic heterocycles. The first kappa shape index (κ1) is 20.0. The summed E-state index contributed by atoms with van der Waals surface area (Å²) in [5, 5.41) is 5.05. The number of piperazine rings is 1. The van der Waals surface area contributed by atoms with Crippen LogP contribution in [-0.4, -0.2) is 53.9 Å². The number of halogens is 1. The molecule has 4 rings (SSSR count). The van der Waals surface area contributed by atoms with Gasteiger partial charge in [0.25, 0.3) is 11.5 Å². The van der Waals surface area contributed by atoms with Gasteiger partial charge in [-0.2, -0.15) is 4.68 Å². The van der Waals surface area contributed by atoms with E-state index in [1.807, 2.05) is 17.0 Å². The molecule has 1 aliphatic rings. The zero-order valence-corrected chi connectivity index (χ0v) is 17.2. The van der Waals surface area contributed by atoms with Crippen molar-refractivity contribution in [2.24, 2.45) is 0 Å². The Balaban J connectivity index is 1.48. The molecule has 2 aromatic carbocycles. The first-order chi connectivity index (χ1) is 14.5. The lowest BCUT2D eigenvalue weighted by Crippen LogP contribution is -2.49. The highest BCUT2D eigenvalue weighted by Gasteiger charge is 2.23. The van der Waals surface area contributed by atoms with Crippen LogP contribution in [0.5, 0.6) is 5.75 Å². The summed E-state index contributed by atoms with van der Waals surface area (Å²) in [6.07, 6.45) is 0. The molecule has 0 atom stereocenters. The average Bonchev–Trinajstić information content (AvgIpc) is 2.79. The Kier molecular flexibility index (Phi) is 5.72. The van der Waals surface area contributed by atoms with Gasteiger partial charge >= 0.3 is 0 Å². The molecule has 0 radical (unpaired) electrons. The van der Waals surface area contributed by atoms with E-state index in [1.165, 1.54) is 10.7 Å². The van der Waals surface area contributed by atoms with E-state index in [1.54, 1.807) is 49.6 Å². The molecule has 2 heterocycles. The maximum Gasteiger partial charge on any atom is 0.271 e. The third-order valence-corrected chi connectivity index (χ3v) is 5.28. The number of hydrogen-bond donors (Lipinski definition) is 0. The fourth-order valence-corrected chi connectivity index (χ4v) is 3.62. The predicted octanol–water partition coefficient (Wildman–Crippen LogP) is 2.86. The van der Waals surface area contributed by atoms with Gasteiger partial charge in [0.15, 0.2) is 0 Å². The molecule has 0 spiro atoms. The SMILES string of the molecule is COc1cccc(C(=O)N2CCN(c3ccc(=O)n(-c4cccc(Cl)c4)n3)CC2)c1. The minimum Gasteiger partial charge on any atom is -0.497 e. The number of amides is 1. The third-order valence-electron chi connectivity index (χ3n) is 5.05. The molecule has 1 amide bonds. The highest BCUT2D eigenvalue weighted by Crippen LogP contribution is 2.18. The predicted molar refractivity (Wildman–Crippen MR) is 116 cm³/mol. The Labute approximate surface area is 179 Å². The summed E-state index contributed by atoms with van der Waals surface area (Å²) in [5.41, 5.74) is 0.990. The van der Waals surface area contributed by atoms with Gasteiger partial charge in [-0.05, 0) is 42.5 Å². The fourth-order valence-electron chi connectivity index (χ4n) is 3.44. The zero-order chi connectivity index (χ0) is 21.1. The lowest BCUT2D eigenvalue weighted by atomic mass is 10.1. The van der Waals surface area contributed by atoms with Gasteiger partial charge in [0.2, 0.25) is 0 Å². The van der Waals surface area contributed by atoms with Crippen LogP contribution in [0.4, 0.5) is 5.82 Å². The van der Waals surface area contributed by atoms with Gasteiger partial charge < -0.3 is 14.5 Å². The van der Waals surface area contributed by atoms with Gasteiger partial charge in [0.05, 0.1) is 12.8 Å². The number of aromatic nitrogens is 2. The number of methoxy groups -OCH3 is 1. The number of rotatable bonds is 4. The number of ether oxygens (including phenoxy) is 1. The van der Waals surface area contributed by atoms with Crippen LogP contribution in [0.1, 0.15) is 10.4 Å². The van der Waals surface area contributed by atoms with E-state index in [9.17, 15) is 9.59 Å². The molecule has 1 saturated heterocycles. The average molecular weight is 425 g/mol. The van der Waals surface area contributed by atoms with E-state index < -0.39 is 0 Å². The molecule has 7 nitrogen and oxygen atoms in total. The lowest BCUT2D eigenvalue weighted by molar-refractivity contribution is 0.0746. The molecule has 8 heteroatoms. The van der Waals surface area contributed by atoms with Crippen LogP contribution >= 0.6 is 11.6 Å². The number of nitrogens with zero attached hydrogens (tertiary/aromatic N) is 4. The smallest absolute Gasteiger partial charge is 0.271 e. The van der Waals surface area contributed by atoms with Gasteiger partial charge in [-0.25, -0.2) is 0 Å². The van der Waals surface area contributed by atoms with Crippen molar-refractivity contribution in [1.29, 1.82) is 0 Å². The maximum atomic E-state index is 12.8. The molecule has 30 heavy (non-hydrogen) atoms. The first-order valence-corrected chi connectivity index (χ1v) is 9.97. The standard InChI is InChI=1S/C22H21ClN4O3/c1-30-19-7-2-4-16(14-19)22(29)26-12-10-25(11-13-26)20-8-9-21(28)27(24-20)18-6-3-5-17(23)15-18/h2-9,14-15H,10-13H2,1H3. The van der Waals surface area contributed by atoms with Crippen molar-refractivity contribution in [2.45, 2.75) is 0 Å². The summed E-state index contributed by atoms with van der Waals surface area (Å²) < 4.78 is 6.55. The third kappa shape index (κ3) is 4.16. The second kappa shape index (κ2) is 8.59. The van der Waals surface area contributed by atoms with E-state index in [0.717, 1.165) is 0 Å². The van der Waals surface area contributed by atoms with Crippen LogP contribution in [0, 0.1) is 0 Å². The molecule has 1 fully saturated rings. The molecular formula is C22H21ClN4O3. The summed E-state index contributed by atoms with van der Waals surface area (Å²) in [6.45, 7) is 2.37. The summed E-state index contributed by atoms with van der Waals surface area (Å²) in [4.78, 5) is 29.0. The summed E-state index contributed by atoms with van der Waals surface area (Å²) in [5.74, 6) is 1.32. The van der Waals surface area contributed by atoms with Crippen LogP contribution < -0.4 is 15.2 Å². The Morgan fingerprint density at radius 1 is 1.00 bits per heavy atom. The van der Waals surface area contributed by atoms with E-state index in [4.69, 9.17) is 16.3 Å². The first-order valence-electron chi connectivity index (χ1n) is 9.60. The van der Waals surface area contributed by atoms with Crippen molar-refractivity contribution in [3.05, 3.63) is 81.6 Å². The van der Waals surface area contributed by atoms with Gasteiger partial charge in [-0.1, -0.05) is 23.7 Å². The minimum absolute atomic E-state index is 0.0228. The Hall–Kier alpha value is -3.32. The fraction of sp³-hybridized carbons (Fsp3) is 0.227. The summed E-state index contributed by atoms with van der Waals surface area (Å²) in [7, 11) is 1.58. The number of carbonyl (C=O) groups is 1. The number of carbonyl (C=O) groups excluding carboxylic acids is 1. The second-order valence-corrected chi connectivity index (χ2v) is 7.37. The van der Waals surface area contributed by atoms with Gasteiger partial charge in [-0.3, -0.25) is 9.59 Å². The van der Waals surface area contributed by atoms with Crippen molar-refractivity contribution >= 4 is 23.3 Å². The summed E-state index contributed by atoms with van der Waals surface area (Å²) >= 11 is 6.05. The van der Waals surface area contributed by atoms with E-state index in [0.29, 0.717) is 54.0 Å². The quantitative estimate of drug-likeness (QED) is 0.644. The van der Waals surface area contributed by atoms with Gasteiger partial charge in [-0.15, -0.1) is 5.10 Å². The zero-order valence-electron chi connectivity index (χ0n) is 16.5. The Morgan fingerprint density at radius 3 is 2.50 bits per heavy atom. The van der Waals surface area contributed by atoms with E-state index >= 15 is 0 Å². The lowest BCUT2D eigenvalue weighted by Gasteiger charge is -2.35. The molecular weight excluding hydrogens is 404 g/mol. The van der Waals surface area contributed by atoms with Crippen molar-refractivity contribution < 1.29 is 9.53 Å². The second-order valence-electron chi connectivity index (χ2n) is 6.93. The molecule has 0 unspecified atom stereocenters. The molecule has 0 aliphatic carbocycles. The van der Waals surface area contributed by atoms with Crippen molar-refractivity contribution in [3.63, 3.8) is 0 Å². The number of anilines is 1. The van der Waals surface area contributed by atoms with Crippen molar-refractivity contribution in [2.75, 3.05) is 38.2 Å². The molecule has 0 saturated carbocycles. The maximum absolute atomic E-state index is 12.8. The van der Waals surface area contributed by atoms with Crippen LogP contribution in [-0.2, 0) is 0 Å². The van der Waals surface area contributed by atoms with E-state index in [-0.39, 0.29) is 11.5 Å². The molecule has 0 N–H and O–H groups in total. The number of benzene rings is 2. The van der Waals surface area contributed by atoms with Crippen LogP contribution in [0.15, 0.2) is 65.5 Å². The molecule has 154 valence electrons. The monoisotopic (exact) mass is 424 g/mol. The highest BCUT2D eigenvalue weighted by atomic mass is 35.5. The largest absolute Gasteiger partial charge is 0.497 e. The van der Waals surface area contributed by atoms with Gasteiger partial charge in [0.1, 0.15) is 11.6 Å². The van der Waals surface area contributed by atoms with E-state index in [2.05, 4.69) is 10.00 Å². The summed E-state index contributed by atoms with van der Waals surface area (Å²) in [6, 6.07) is 17.4. The van der Waals surface area contributed by atoms with Crippen LogP contribution in [0.3, 0.4) is 0 Å². The van der Waals surface area contributed by atoms with Crippen LogP contribution in [0.2, 0.25) is 5.02 Å². The molecule has 1 aliphatic heterocycles. The number of hydrogen-bond acceptors (Lipinski definition) is 5. The minimum atomic E-state index is -0.229. The van der Waals surface area contributed by atoms with Crippen molar-refractivity contribution in [3.8, 4) is 11.4 Å². The topological polar surface area (TPSA) is 67.7 Å². The molecule has 0 bridgehead atoms.